The zero-order chi connectivity index (χ0) is 10.5. The summed E-state index contributed by atoms with van der Waals surface area (Å²) in [6, 6.07) is 0.968. The van der Waals surface area contributed by atoms with Crippen molar-refractivity contribution in [3.63, 3.8) is 0 Å². The molecule has 2 rings (SSSR count). The first-order valence-electron chi connectivity index (χ1n) is 5.46. The molecule has 2 heterocycles. The molecular formula is C11H17N3S. The minimum absolute atomic E-state index is 0.312. The van der Waals surface area contributed by atoms with Crippen LogP contribution >= 0.6 is 11.8 Å². The second-order valence-electron chi connectivity index (χ2n) is 3.91. The molecule has 4 heteroatoms. The van der Waals surface area contributed by atoms with Crippen molar-refractivity contribution in [3.05, 3.63) is 24.3 Å². The predicted molar refractivity (Wildman–Crippen MR) is 63.9 cm³/mol. The maximum Gasteiger partial charge on any atom is 0.0753 e. The summed E-state index contributed by atoms with van der Waals surface area (Å²) in [6.07, 6.45) is 7.86. The van der Waals surface area contributed by atoms with Gasteiger partial charge in [0.15, 0.2) is 0 Å². The molecule has 3 nitrogen and oxygen atoms in total. The summed E-state index contributed by atoms with van der Waals surface area (Å²) in [5, 5.41) is 3.62. The van der Waals surface area contributed by atoms with Crippen LogP contribution in [0.3, 0.4) is 0 Å². The van der Waals surface area contributed by atoms with Gasteiger partial charge >= 0.3 is 0 Å². The van der Waals surface area contributed by atoms with Crippen LogP contribution in [-0.2, 0) is 0 Å². The number of hydrogen-bond acceptors (Lipinski definition) is 4. The van der Waals surface area contributed by atoms with Gasteiger partial charge in [-0.1, -0.05) is 0 Å². The molecular weight excluding hydrogens is 206 g/mol. The molecule has 0 amide bonds. The van der Waals surface area contributed by atoms with Gasteiger partial charge in [0.2, 0.25) is 0 Å². The third-order valence-electron chi connectivity index (χ3n) is 2.73. The van der Waals surface area contributed by atoms with Crippen molar-refractivity contribution in [3.8, 4) is 0 Å². The van der Waals surface area contributed by atoms with E-state index in [9.17, 15) is 0 Å². The average molecular weight is 223 g/mol. The lowest BCUT2D eigenvalue weighted by molar-refractivity contribution is 0.425. The molecule has 0 bridgehead atoms. The minimum Gasteiger partial charge on any atom is -0.306 e. The van der Waals surface area contributed by atoms with Gasteiger partial charge in [-0.15, -0.1) is 0 Å². The molecule has 1 aromatic heterocycles. The van der Waals surface area contributed by atoms with Crippen LogP contribution in [-0.4, -0.2) is 27.5 Å². The van der Waals surface area contributed by atoms with Crippen molar-refractivity contribution in [2.24, 2.45) is 0 Å². The first-order chi connectivity index (χ1) is 7.36. The maximum absolute atomic E-state index is 4.31. The minimum atomic E-state index is 0.312. The molecule has 1 saturated heterocycles. The molecule has 0 aromatic carbocycles. The summed E-state index contributed by atoms with van der Waals surface area (Å²) in [5.74, 6) is 2.57. The Labute approximate surface area is 95.1 Å². The summed E-state index contributed by atoms with van der Waals surface area (Å²) in [7, 11) is 0. The molecule has 1 aliphatic rings. The van der Waals surface area contributed by atoms with E-state index in [1.54, 1.807) is 12.4 Å². The van der Waals surface area contributed by atoms with E-state index in [1.165, 1.54) is 24.3 Å². The molecule has 1 N–H and O–H groups in total. The Balaban J connectivity index is 1.88. The number of aromatic nitrogens is 2. The van der Waals surface area contributed by atoms with E-state index in [0.717, 1.165) is 5.69 Å². The van der Waals surface area contributed by atoms with E-state index in [-0.39, 0.29) is 0 Å². The van der Waals surface area contributed by atoms with Gasteiger partial charge in [-0.2, -0.15) is 11.8 Å². The predicted octanol–water partition coefficient (Wildman–Crippen LogP) is 2.02. The van der Waals surface area contributed by atoms with E-state index in [0.29, 0.717) is 12.1 Å². The summed E-state index contributed by atoms with van der Waals surface area (Å²) in [5.41, 5.74) is 1.04. The standard InChI is InChI=1S/C11H17N3S/c1-9(11-8-12-4-5-13-11)14-10-2-6-15-7-3-10/h4-5,8-10,14H,2-3,6-7H2,1H3. The first kappa shape index (κ1) is 10.9. The summed E-state index contributed by atoms with van der Waals surface area (Å²) in [4.78, 5) is 8.41. The Morgan fingerprint density at radius 1 is 1.40 bits per heavy atom. The number of thioether (sulfide) groups is 1. The first-order valence-corrected chi connectivity index (χ1v) is 6.61. The molecule has 82 valence electrons. The lowest BCUT2D eigenvalue weighted by Gasteiger charge is -2.25. The van der Waals surface area contributed by atoms with Crippen molar-refractivity contribution in [2.75, 3.05) is 11.5 Å². The highest BCUT2D eigenvalue weighted by atomic mass is 32.2. The highest BCUT2D eigenvalue weighted by Crippen LogP contribution is 2.19. The molecule has 1 atom stereocenters. The zero-order valence-electron chi connectivity index (χ0n) is 9.02. The molecule has 0 aliphatic carbocycles. The number of hydrogen-bond donors (Lipinski definition) is 1. The van der Waals surface area contributed by atoms with Crippen LogP contribution in [0.2, 0.25) is 0 Å². The molecule has 0 spiro atoms. The number of rotatable bonds is 3. The highest BCUT2D eigenvalue weighted by Gasteiger charge is 2.16. The van der Waals surface area contributed by atoms with Gasteiger partial charge in [0.05, 0.1) is 5.69 Å². The van der Waals surface area contributed by atoms with E-state index in [2.05, 4.69) is 34.0 Å². The smallest absolute Gasteiger partial charge is 0.0753 e. The molecule has 1 aromatic rings. The van der Waals surface area contributed by atoms with Crippen molar-refractivity contribution in [1.29, 1.82) is 0 Å². The van der Waals surface area contributed by atoms with Crippen LogP contribution in [0.1, 0.15) is 31.5 Å². The second-order valence-corrected chi connectivity index (χ2v) is 5.13. The Morgan fingerprint density at radius 2 is 2.20 bits per heavy atom. The van der Waals surface area contributed by atoms with Gasteiger partial charge < -0.3 is 5.32 Å². The largest absolute Gasteiger partial charge is 0.306 e. The molecule has 0 radical (unpaired) electrons. The SMILES string of the molecule is CC(NC1CCSCC1)c1cnccn1. The monoisotopic (exact) mass is 223 g/mol. The van der Waals surface area contributed by atoms with Crippen LogP contribution in [0.4, 0.5) is 0 Å². The van der Waals surface area contributed by atoms with Crippen LogP contribution in [0.5, 0.6) is 0 Å². The molecule has 15 heavy (non-hydrogen) atoms. The van der Waals surface area contributed by atoms with Crippen LogP contribution in [0, 0.1) is 0 Å². The Morgan fingerprint density at radius 3 is 2.87 bits per heavy atom. The van der Waals surface area contributed by atoms with Crippen LogP contribution < -0.4 is 5.32 Å². The third-order valence-corrected chi connectivity index (χ3v) is 3.78. The molecule has 0 saturated carbocycles. The van der Waals surface area contributed by atoms with E-state index in [4.69, 9.17) is 0 Å². The van der Waals surface area contributed by atoms with Crippen molar-refractivity contribution >= 4 is 11.8 Å². The Bertz CT molecular complexity index is 285. The normalized spacial score (nSPS) is 20.1. The van der Waals surface area contributed by atoms with Crippen molar-refractivity contribution in [1.82, 2.24) is 15.3 Å². The number of nitrogens with zero attached hydrogens (tertiary/aromatic N) is 2. The lowest BCUT2D eigenvalue weighted by Crippen LogP contribution is -2.34. The fourth-order valence-electron chi connectivity index (χ4n) is 1.84. The second kappa shape index (κ2) is 5.47. The van der Waals surface area contributed by atoms with Gasteiger partial charge in [0, 0.05) is 30.7 Å². The third kappa shape index (κ3) is 3.18. The Kier molecular flexibility index (Phi) is 3.97. The summed E-state index contributed by atoms with van der Waals surface area (Å²) < 4.78 is 0. The lowest BCUT2D eigenvalue weighted by atomic mass is 10.1. The number of nitrogens with one attached hydrogen (secondary N) is 1. The molecule has 1 fully saturated rings. The van der Waals surface area contributed by atoms with Crippen molar-refractivity contribution < 1.29 is 0 Å². The van der Waals surface area contributed by atoms with Gasteiger partial charge in [0.1, 0.15) is 0 Å². The van der Waals surface area contributed by atoms with Crippen molar-refractivity contribution in [2.45, 2.75) is 31.8 Å². The quantitative estimate of drug-likeness (QED) is 0.851. The molecule has 1 aliphatic heterocycles. The van der Waals surface area contributed by atoms with Crippen LogP contribution in [0.15, 0.2) is 18.6 Å². The Hall–Kier alpha value is -0.610. The molecule has 1 unspecified atom stereocenters. The van der Waals surface area contributed by atoms with E-state index < -0.39 is 0 Å². The van der Waals surface area contributed by atoms with E-state index >= 15 is 0 Å². The van der Waals surface area contributed by atoms with Gasteiger partial charge in [0.25, 0.3) is 0 Å². The summed E-state index contributed by atoms with van der Waals surface area (Å²) >= 11 is 2.05. The highest BCUT2D eigenvalue weighted by molar-refractivity contribution is 7.99. The van der Waals surface area contributed by atoms with E-state index in [1.807, 2.05) is 6.20 Å². The topological polar surface area (TPSA) is 37.8 Å². The summed E-state index contributed by atoms with van der Waals surface area (Å²) in [6.45, 7) is 2.16. The average Bonchev–Trinajstić information content (AvgIpc) is 2.31. The fourth-order valence-corrected chi connectivity index (χ4v) is 2.94. The fraction of sp³-hybridized carbons (Fsp3) is 0.636. The van der Waals surface area contributed by atoms with Gasteiger partial charge in [-0.25, -0.2) is 0 Å². The maximum atomic E-state index is 4.31. The van der Waals surface area contributed by atoms with Gasteiger partial charge in [-0.05, 0) is 31.3 Å². The van der Waals surface area contributed by atoms with Crippen LogP contribution in [0.25, 0.3) is 0 Å². The van der Waals surface area contributed by atoms with Gasteiger partial charge in [-0.3, -0.25) is 9.97 Å². The zero-order valence-corrected chi connectivity index (χ0v) is 9.83.